The molecule has 0 saturated heterocycles. The minimum absolute atomic E-state index is 0.109. The lowest BCUT2D eigenvalue weighted by Gasteiger charge is -2.17. The first-order chi connectivity index (χ1) is 20.5. The molecular weight excluding hydrogens is 560 g/mol. The Morgan fingerprint density at radius 1 is 1.00 bits per heavy atom. The lowest BCUT2D eigenvalue weighted by Crippen LogP contribution is -2.77. The van der Waals surface area contributed by atoms with Crippen molar-refractivity contribution >= 4 is 50.7 Å². The molecule has 0 aromatic heterocycles. The number of amides is 1. The first-order valence-electron chi connectivity index (χ1n) is 14.1. The molecule has 3 aromatic rings. The van der Waals surface area contributed by atoms with Gasteiger partial charge in [-0.05, 0) is 96.6 Å². The number of rotatable bonds is 10. The fourth-order valence-corrected chi connectivity index (χ4v) is 6.41. The van der Waals surface area contributed by atoms with Crippen LogP contribution in [0.4, 0.5) is 11.4 Å². The SMILES string of the molecule is C=S(=O)(NCCC)c1ccc(NNc2cc(OC)c(C=c3c(C)cc4c(c3C)C(=[NH+]C(C)=O)C=C(C)C=4)cc2OC)cc1. The fraction of sp³-hybridized carbons (Fsp3) is 0.265. The lowest BCUT2D eigenvalue weighted by molar-refractivity contribution is -0.373. The van der Waals surface area contributed by atoms with E-state index < -0.39 is 9.71 Å². The smallest absolute Gasteiger partial charge is 0.382 e. The Bertz CT molecular complexity index is 1840. The summed E-state index contributed by atoms with van der Waals surface area (Å²) in [6.07, 6.45) is 7.09. The quantitative estimate of drug-likeness (QED) is 0.211. The Morgan fingerprint density at radius 3 is 2.33 bits per heavy atom. The monoisotopic (exact) mass is 601 g/mol. The van der Waals surface area contributed by atoms with Crippen molar-refractivity contribution < 1.29 is 23.5 Å². The number of fused-ring (bicyclic) bond motifs is 1. The summed E-state index contributed by atoms with van der Waals surface area (Å²) in [7, 11) is 0.712. The van der Waals surface area contributed by atoms with Crippen LogP contribution in [0.3, 0.4) is 0 Å². The summed E-state index contributed by atoms with van der Waals surface area (Å²) in [4.78, 5) is 15.6. The number of benzene rings is 3. The van der Waals surface area contributed by atoms with Gasteiger partial charge in [0.2, 0.25) is 5.71 Å². The number of aryl methyl sites for hydroxylation is 1. The van der Waals surface area contributed by atoms with Crippen LogP contribution in [-0.2, 0) is 14.5 Å². The van der Waals surface area contributed by atoms with Gasteiger partial charge < -0.3 is 14.9 Å². The average molecular weight is 602 g/mol. The van der Waals surface area contributed by atoms with Crippen LogP contribution < -0.4 is 40.5 Å². The molecule has 3 aromatic carbocycles. The molecule has 9 heteroatoms. The fourth-order valence-electron chi connectivity index (χ4n) is 5.13. The van der Waals surface area contributed by atoms with E-state index in [0.717, 1.165) is 56.1 Å². The Hall–Kier alpha value is -4.34. The number of carbonyl (C=O) groups is 1. The van der Waals surface area contributed by atoms with Crippen molar-refractivity contribution in [2.75, 3.05) is 31.6 Å². The molecule has 8 nitrogen and oxygen atoms in total. The summed E-state index contributed by atoms with van der Waals surface area (Å²) in [6.45, 7) is 10.4. The lowest BCUT2D eigenvalue weighted by atomic mass is 9.90. The van der Waals surface area contributed by atoms with Gasteiger partial charge in [-0.2, -0.15) is 4.99 Å². The van der Waals surface area contributed by atoms with Gasteiger partial charge in [-0.3, -0.25) is 5.43 Å². The van der Waals surface area contributed by atoms with Crippen molar-refractivity contribution in [3.63, 3.8) is 0 Å². The summed E-state index contributed by atoms with van der Waals surface area (Å²) < 4.78 is 27.4. The molecule has 1 atom stereocenters. The third kappa shape index (κ3) is 7.18. The number of nitrogens with one attached hydrogen (secondary N) is 4. The molecule has 1 unspecified atom stereocenters. The van der Waals surface area contributed by atoms with E-state index in [4.69, 9.17) is 9.47 Å². The number of allylic oxidation sites excluding steroid dienone is 2. The van der Waals surface area contributed by atoms with Crippen LogP contribution in [0.2, 0.25) is 0 Å². The van der Waals surface area contributed by atoms with Crippen molar-refractivity contribution in [3.05, 3.63) is 86.8 Å². The second kappa shape index (κ2) is 13.3. The second-order valence-electron chi connectivity index (χ2n) is 10.6. The van der Waals surface area contributed by atoms with Gasteiger partial charge in [-0.25, -0.2) is 13.7 Å². The Morgan fingerprint density at radius 2 is 1.70 bits per heavy atom. The van der Waals surface area contributed by atoms with E-state index in [1.165, 1.54) is 6.92 Å². The molecular formula is C34H41N4O4S+. The predicted molar refractivity (Wildman–Crippen MR) is 178 cm³/mol. The molecule has 4 N–H and O–H groups in total. The van der Waals surface area contributed by atoms with E-state index in [2.05, 4.69) is 58.5 Å². The predicted octanol–water partition coefficient (Wildman–Crippen LogP) is 2.73. The summed E-state index contributed by atoms with van der Waals surface area (Å²) in [5, 5.41) is 2.12. The zero-order valence-electron chi connectivity index (χ0n) is 25.9. The minimum Gasteiger partial charge on any atom is -0.496 e. The van der Waals surface area contributed by atoms with Gasteiger partial charge in [0.15, 0.2) is 0 Å². The number of methoxy groups -OCH3 is 2. The molecule has 0 heterocycles. The molecule has 0 saturated carbocycles. The van der Waals surface area contributed by atoms with Gasteiger partial charge in [0.05, 0.1) is 47.8 Å². The van der Waals surface area contributed by atoms with E-state index in [0.29, 0.717) is 28.6 Å². The highest BCUT2D eigenvalue weighted by Crippen LogP contribution is 2.33. The standard InChI is InChI=1S/C34H40N4O4S/c1-9-14-35-43(8,40)28-12-10-27(11-13-28)37-38-30-20-32(41-6)25(19-33(30)42-7)18-29-22(3)17-26-15-21(2)16-31(36-24(5)39)34(26)23(29)4/h10-13,15-20,37-38H,8-9,14H2,1-7H3,(H,35,40)/p+1. The normalized spacial score (nSPS) is 15.2. The molecule has 4 rings (SSSR count). The number of hydrogen-bond acceptors (Lipinski definition) is 6. The van der Waals surface area contributed by atoms with Gasteiger partial charge in [-0.15, -0.1) is 0 Å². The van der Waals surface area contributed by atoms with Crippen molar-refractivity contribution in [3.8, 4) is 11.5 Å². The van der Waals surface area contributed by atoms with E-state index >= 15 is 0 Å². The van der Waals surface area contributed by atoms with E-state index in [9.17, 15) is 9.00 Å². The molecule has 226 valence electrons. The van der Waals surface area contributed by atoms with Crippen LogP contribution in [0, 0.1) is 13.8 Å². The van der Waals surface area contributed by atoms with Gasteiger partial charge in [0, 0.05) is 29.1 Å². The number of hydrazine groups is 1. The summed E-state index contributed by atoms with van der Waals surface area (Å²) in [5.41, 5.74) is 13.7. The van der Waals surface area contributed by atoms with Gasteiger partial charge in [0.25, 0.3) is 0 Å². The number of ether oxygens (including phenoxy) is 2. The zero-order chi connectivity index (χ0) is 31.3. The first-order valence-corrected chi connectivity index (χ1v) is 15.9. The van der Waals surface area contributed by atoms with Crippen molar-refractivity contribution in [2.45, 2.75) is 45.9 Å². The largest absolute Gasteiger partial charge is 0.496 e. The van der Waals surface area contributed by atoms with Gasteiger partial charge >= 0.3 is 5.91 Å². The number of carbonyl (C=O) groups excluding carboxylic acids is 1. The molecule has 0 aliphatic heterocycles. The first kappa shape index (κ1) is 31.6. The molecule has 0 spiro atoms. The van der Waals surface area contributed by atoms with Crippen molar-refractivity contribution in [1.82, 2.24) is 4.72 Å². The molecule has 1 aliphatic rings. The average Bonchev–Trinajstić information content (AvgIpc) is 2.96. The van der Waals surface area contributed by atoms with Crippen LogP contribution in [0.1, 0.15) is 49.4 Å². The summed E-state index contributed by atoms with van der Waals surface area (Å²) >= 11 is 0. The summed E-state index contributed by atoms with van der Waals surface area (Å²) in [5.74, 6) is 5.02. The maximum Gasteiger partial charge on any atom is 0.382 e. The highest BCUT2D eigenvalue weighted by molar-refractivity contribution is 7.98. The Balaban J connectivity index is 1.69. The highest BCUT2D eigenvalue weighted by Gasteiger charge is 2.20. The van der Waals surface area contributed by atoms with Crippen molar-refractivity contribution in [1.29, 1.82) is 0 Å². The molecule has 43 heavy (non-hydrogen) atoms. The summed E-state index contributed by atoms with van der Waals surface area (Å²) in [6, 6.07) is 13.2. The zero-order valence-corrected chi connectivity index (χ0v) is 26.8. The van der Waals surface area contributed by atoms with Gasteiger partial charge in [-0.1, -0.05) is 19.1 Å². The molecule has 1 amide bonds. The van der Waals surface area contributed by atoms with E-state index in [1.807, 2.05) is 44.2 Å². The maximum atomic E-state index is 12.8. The Kier molecular flexibility index (Phi) is 9.78. The third-order valence-corrected chi connectivity index (χ3v) is 8.92. The number of anilines is 2. The topological polar surface area (TPSA) is 103 Å². The van der Waals surface area contributed by atoms with Crippen LogP contribution >= 0.6 is 0 Å². The van der Waals surface area contributed by atoms with Crippen LogP contribution in [-0.4, -0.2) is 42.5 Å². The molecule has 0 fully saturated rings. The van der Waals surface area contributed by atoms with Crippen LogP contribution in [0.5, 0.6) is 11.5 Å². The molecule has 0 radical (unpaired) electrons. The van der Waals surface area contributed by atoms with E-state index in [1.54, 1.807) is 26.4 Å². The third-order valence-electron chi connectivity index (χ3n) is 7.21. The van der Waals surface area contributed by atoms with Crippen molar-refractivity contribution in [2.24, 2.45) is 0 Å². The van der Waals surface area contributed by atoms with E-state index in [-0.39, 0.29) is 5.91 Å². The molecule has 1 aliphatic carbocycles. The molecule has 0 bridgehead atoms. The second-order valence-corrected chi connectivity index (χ2v) is 12.7. The van der Waals surface area contributed by atoms with Crippen LogP contribution in [0.15, 0.2) is 59.0 Å². The van der Waals surface area contributed by atoms with Crippen LogP contribution in [0.25, 0.3) is 12.2 Å². The highest BCUT2D eigenvalue weighted by atomic mass is 32.2. The minimum atomic E-state index is -2.54. The van der Waals surface area contributed by atoms with Gasteiger partial charge in [0.1, 0.15) is 11.5 Å². The number of hydrogen-bond donors (Lipinski definition) is 4. The maximum absolute atomic E-state index is 12.8. The Labute approximate surface area is 254 Å².